The second-order valence-corrected chi connectivity index (χ2v) is 9.81. The number of morpholine rings is 1. The Labute approximate surface area is 190 Å². The fourth-order valence-electron chi connectivity index (χ4n) is 5.40. The van der Waals surface area contributed by atoms with Gasteiger partial charge in [-0.3, -0.25) is 9.80 Å². The van der Waals surface area contributed by atoms with E-state index in [4.69, 9.17) is 9.47 Å². The molecule has 2 fully saturated rings. The van der Waals surface area contributed by atoms with Gasteiger partial charge in [0.2, 0.25) is 0 Å². The molecule has 0 bridgehead atoms. The van der Waals surface area contributed by atoms with Crippen molar-refractivity contribution in [2.24, 2.45) is 0 Å². The Kier molecular flexibility index (Phi) is 6.84. The van der Waals surface area contributed by atoms with Gasteiger partial charge in [0.1, 0.15) is 5.75 Å². The average molecular weight is 439 g/mol. The molecular formula is C26H34N2O2S. The predicted molar refractivity (Wildman–Crippen MR) is 127 cm³/mol. The molecule has 3 heterocycles. The molecule has 0 amide bonds. The van der Waals surface area contributed by atoms with Crippen LogP contribution in [0.5, 0.6) is 5.75 Å². The van der Waals surface area contributed by atoms with Crippen molar-refractivity contribution in [3.8, 4) is 5.75 Å². The van der Waals surface area contributed by atoms with Gasteiger partial charge in [-0.25, -0.2) is 0 Å². The van der Waals surface area contributed by atoms with Gasteiger partial charge < -0.3 is 9.47 Å². The molecule has 2 atom stereocenters. The standard InChI is InChI=1S/C26H34N2O2S/c1-31-22-8-5-20(6-9-22)25-19-28-12-2-4-26(28)24-18-21(7-10-23(24)25)30-15-3-11-27-13-16-29-17-14-27/h5-10,18,25-26H,2-4,11-17,19H2,1H3/t25-,26+/m0/s1. The van der Waals surface area contributed by atoms with Crippen molar-refractivity contribution in [2.45, 2.75) is 36.1 Å². The molecule has 0 aromatic heterocycles. The van der Waals surface area contributed by atoms with E-state index in [1.807, 2.05) is 11.8 Å². The molecule has 5 rings (SSSR count). The zero-order valence-electron chi connectivity index (χ0n) is 18.6. The molecule has 0 saturated carbocycles. The number of thioether (sulfide) groups is 1. The van der Waals surface area contributed by atoms with Crippen LogP contribution in [0.1, 0.15) is 47.9 Å². The number of hydrogen-bond acceptors (Lipinski definition) is 5. The van der Waals surface area contributed by atoms with Crippen LogP contribution in [0.25, 0.3) is 0 Å². The maximum atomic E-state index is 6.20. The van der Waals surface area contributed by atoms with Crippen LogP contribution in [-0.2, 0) is 4.74 Å². The van der Waals surface area contributed by atoms with Crippen LogP contribution in [-0.4, -0.2) is 68.6 Å². The Hall–Kier alpha value is -1.53. The van der Waals surface area contributed by atoms with Gasteiger partial charge in [-0.05, 0) is 73.0 Å². The third-order valence-electron chi connectivity index (χ3n) is 7.08. The summed E-state index contributed by atoms with van der Waals surface area (Å²) in [6, 6.07) is 16.6. The lowest BCUT2D eigenvalue weighted by molar-refractivity contribution is 0.0358. The summed E-state index contributed by atoms with van der Waals surface area (Å²) in [5, 5.41) is 0. The second kappa shape index (κ2) is 9.95. The maximum absolute atomic E-state index is 6.20. The minimum Gasteiger partial charge on any atom is -0.494 e. The first-order valence-corrected chi connectivity index (χ1v) is 13.0. The Morgan fingerprint density at radius 2 is 1.87 bits per heavy atom. The predicted octanol–water partition coefficient (Wildman–Crippen LogP) is 4.79. The van der Waals surface area contributed by atoms with Crippen LogP contribution in [0.4, 0.5) is 0 Å². The first kappa shape index (κ1) is 21.3. The minimum atomic E-state index is 0.454. The van der Waals surface area contributed by atoms with Crippen molar-refractivity contribution in [3.05, 3.63) is 59.2 Å². The summed E-state index contributed by atoms with van der Waals surface area (Å²) in [7, 11) is 0. The second-order valence-electron chi connectivity index (χ2n) is 8.93. The summed E-state index contributed by atoms with van der Waals surface area (Å²) in [4.78, 5) is 6.50. The molecule has 2 aromatic carbocycles. The van der Waals surface area contributed by atoms with E-state index in [-0.39, 0.29) is 0 Å². The quantitative estimate of drug-likeness (QED) is 0.457. The van der Waals surface area contributed by atoms with Crippen LogP contribution in [0, 0.1) is 0 Å². The summed E-state index contributed by atoms with van der Waals surface area (Å²) < 4.78 is 11.6. The third-order valence-corrected chi connectivity index (χ3v) is 7.83. The van der Waals surface area contributed by atoms with Gasteiger partial charge in [-0.1, -0.05) is 18.2 Å². The number of ether oxygens (including phenoxy) is 2. The highest BCUT2D eigenvalue weighted by atomic mass is 32.2. The van der Waals surface area contributed by atoms with Crippen molar-refractivity contribution in [1.82, 2.24) is 9.80 Å². The van der Waals surface area contributed by atoms with Crippen molar-refractivity contribution >= 4 is 11.8 Å². The van der Waals surface area contributed by atoms with Crippen molar-refractivity contribution in [3.63, 3.8) is 0 Å². The average Bonchev–Trinajstić information content (AvgIpc) is 3.31. The molecule has 166 valence electrons. The molecule has 0 spiro atoms. The van der Waals surface area contributed by atoms with E-state index in [1.165, 1.54) is 41.0 Å². The fourth-order valence-corrected chi connectivity index (χ4v) is 5.81. The number of nitrogens with zero attached hydrogens (tertiary/aromatic N) is 2. The van der Waals surface area contributed by atoms with Gasteiger partial charge in [0, 0.05) is 43.0 Å². The highest BCUT2D eigenvalue weighted by molar-refractivity contribution is 7.98. The zero-order valence-corrected chi connectivity index (χ0v) is 19.4. The topological polar surface area (TPSA) is 24.9 Å². The molecule has 0 N–H and O–H groups in total. The molecule has 0 unspecified atom stereocenters. The van der Waals surface area contributed by atoms with Crippen LogP contribution in [0.15, 0.2) is 47.4 Å². The molecule has 2 aromatic rings. The Morgan fingerprint density at radius 3 is 2.68 bits per heavy atom. The minimum absolute atomic E-state index is 0.454. The molecule has 31 heavy (non-hydrogen) atoms. The molecular weight excluding hydrogens is 404 g/mol. The number of benzene rings is 2. The summed E-state index contributed by atoms with van der Waals surface area (Å²) >= 11 is 1.81. The lowest BCUT2D eigenvalue weighted by Crippen LogP contribution is -2.37. The Bertz CT molecular complexity index is 866. The molecule has 2 saturated heterocycles. The molecule has 3 aliphatic heterocycles. The van der Waals surface area contributed by atoms with Crippen LogP contribution >= 0.6 is 11.8 Å². The van der Waals surface area contributed by atoms with Gasteiger partial charge in [-0.2, -0.15) is 0 Å². The highest BCUT2D eigenvalue weighted by Gasteiger charge is 2.36. The van der Waals surface area contributed by atoms with Gasteiger partial charge in [0.25, 0.3) is 0 Å². The third kappa shape index (κ3) is 4.80. The van der Waals surface area contributed by atoms with Crippen LogP contribution in [0.2, 0.25) is 0 Å². The maximum Gasteiger partial charge on any atom is 0.119 e. The van der Waals surface area contributed by atoms with E-state index in [0.29, 0.717) is 12.0 Å². The molecule has 4 nitrogen and oxygen atoms in total. The van der Waals surface area contributed by atoms with Gasteiger partial charge in [-0.15, -0.1) is 11.8 Å². The van der Waals surface area contributed by atoms with Gasteiger partial charge in [0.15, 0.2) is 0 Å². The largest absolute Gasteiger partial charge is 0.494 e. The monoisotopic (exact) mass is 438 g/mol. The summed E-state index contributed by atoms with van der Waals surface area (Å²) in [5.41, 5.74) is 4.43. The van der Waals surface area contributed by atoms with E-state index in [0.717, 1.165) is 58.2 Å². The van der Waals surface area contributed by atoms with Crippen LogP contribution in [0.3, 0.4) is 0 Å². The number of hydrogen-bond donors (Lipinski definition) is 0. The van der Waals surface area contributed by atoms with Crippen molar-refractivity contribution < 1.29 is 9.47 Å². The number of rotatable bonds is 7. The van der Waals surface area contributed by atoms with E-state index < -0.39 is 0 Å². The Balaban J connectivity index is 1.29. The molecule has 3 aliphatic rings. The lowest BCUT2D eigenvalue weighted by Gasteiger charge is -2.37. The number of fused-ring (bicyclic) bond motifs is 3. The van der Waals surface area contributed by atoms with Gasteiger partial charge >= 0.3 is 0 Å². The molecule has 0 aliphatic carbocycles. The van der Waals surface area contributed by atoms with E-state index >= 15 is 0 Å². The van der Waals surface area contributed by atoms with Gasteiger partial charge in [0.05, 0.1) is 19.8 Å². The highest BCUT2D eigenvalue weighted by Crippen LogP contribution is 2.45. The molecule has 0 radical (unpaired) electrons. The van der Waals surface area contributed by atoms with Crippen molar-refractivity contribution in [1.29, 1.82) is 0 Å². The van der Waals surface area contributed by atoms with Crippen molar-refractivity contribution in [2.75, 3.05) is 58.8 Å². The first-order valence-electron chi connectivity index (χ1n) is 11.8. The first-order chi connectivity index (χ1) is 15.3. The van der Waals surface area contributed by atoms with E-state index in [2.05, 4.69) is 58.5 Å². The Morgan fingerprint density at radius 1 is 1.03 bits per heavy atom. The zero-order chi connectivity index (χ0) is 21.0. The van der Waals surface area contributed by atoms with Crippen LogP contribution < -0.4 is 4.74 Å². The smallest absolute Gasteiger partial charge is 0.119 e. The summed E-state index contributed by atoms with van der Waals surface area (Å²) in [6.07, 6.45) is 5.78. The lowest BCUT2D eigenvalue weighted by atomic mass is 9.81. The normalized spacial score (nSPS) is 24.0. The fraction of sp³-hybridized carbons (Fsp3) is 0.538. The summed E-state index contributed by atoms with van der Waals surface area (Å²) in [5.74, 6) is 1.49. The van der Waals surface area contributed by atoms with E-state index in [9.17, 15) is 0 Å². The summed E-state index contributed by atoms with van der Waals surface area (Å²) in [6.45, 7) is 8.06. The SMILES string of the molecule is CSc1ccc([C@@H]2CN3CCC[C@@H]3c3cc(OCCCN4CCOCC4)ccc32)cc1. The molecule has 5 heteroatoms. The van der Waals surface area contributed by atoms with E-state index in [1.54, 1.807) is 0 Å².